The zero-order valence-corrected chi connectivity index (χ0v) is 21.5. The average Bonchev–Trinajstić information content (AvgIpc) is 3.16. The Labute approximate surface area is 213 Å². The fraction of sp³-hybridized carbons (Fsp3) is 0.423. The fourth-order valence-corrected chi connectivity index (χ4v) is 4.88. The first-order chi connectivity index (χ1) is 17.0. The van der Waals surface area contributed by atoms with E-state index in [4.69, 9.17) is 14.6 Å². The van der Waals surface area contributed by atoms with Crippen molar-refractivity contribution in [2.24, 2.45) is 0 Å². The molecule has 0 atom stereocenters. The van der Waals surface area contributed by atoms with Gasteiger partial charge in [-0.05, 0) is 47.1 Å². The lowest BCUT2D eigenvalue weighted by molar-refractivity contribution is 0.0516. The summed E-state index contributed by atoms with van der Waals surface area (Å²) in [5.74, 6) is -0.305. The molecule has 2 aromatic carbocycles. The van der Waals surface area contributed by atoms with Crippen LogP contribution in [0.1, 0.15) is 23.0 Å². The highest BCUT2D eigenvalue weighted by Crippen LogP contribution is 2.37. The Morgan fingerprint density at radius 2 is 1.77 bits per heavy atom. The largest absolute Gasteiger partial charge is 0.507 e. The van der Waals surface area contributed by atoms with E-state index in [1.165, 1.54) is 0 Å². The number of aliphatic hydroxyl groups is 1. The van der Waals surface area contributed by atoms with E-state index in [1.54, 1.807) is 13.0 Å². The second kappa shape index (κ2) is 12.0. The molecule has 1 aliphatic heterocycles. The lowest BCUT2D eigenvalue weighted by atomic mass is 10.1. The predicted octanol–water partition coefficient (Wildman–Crippen LogP) is 3.40. The number of hydrogen-bond donors (Lipinski definition) is 2. The van der Waals surface area contributed by atoms with E-state index in [2.05, 4.69) is 30.3 Å². The van der Waals surface area contributed by atoms with Gasteiger partial charge < -0.3 is 24.3 Å². The molecule has 0 radical (unpaired) electrons. The number of aliphatic hydroxyl groups excluding tert-OH is 1. The van der Waals surface area contributed by atoms with Gasteiger partial charge in [0.2, 0.25) is 0 Å². The van der Waals surface area contributed by atoms with Crippen molar-refractivity contribution in [2.75, 3.05) is 59.2 Å². The molecule has 0 amide bonds. The van der Waals surface area contributed by atoms with Gasteiger partial charge in [0.15, 0.2) is 0 Å². The summed E-state index contributed by atoms with van der Waals surface area (Å²) in [5, 5.41) is 20.0. The number of carbonyl (C=O) groups is 1. The molecule has 9 heteroatoms. The van der Waals surface area contributed by atoms with Crippen LogP contribution in [0, 0.1) is 0 Å². The summed E-state index contributed by atoms with van der Waals surface area (Å²) < 4.78 is 13.5. The minimum absolute atomic E-state index is 0.0420. The van der Waals surface area contributed by atoms with Crippen LogP contribution in [0.5, 0.6) is 5.75 Å². The van der Waals surface area contributed by atoms with Crippen LogP contribution in [0.4, 0.5) is 0 Å². The fourth-order valence-electron chi connectivity index (χ4n) is 4.55. The molecule has 35 heavy (non-hydrogen) atoms. The van der Waals surface area contributed by atoms with Gasteiger partial charge in [0.25, 0.3) is 0 Å². The Bertz CT molecular complexity index is 1140. The Morgan fingerprint density at radius 1 is 1.06 bits per heavy atom. The quantitative estimate of drug-likeness (QED) is 0.298. The minimum atomic E-state index is -0.386. The molecule has 0 unspecified atom stereocenters. The first-order valence-corrected chi connectivity index (χ1v) is 12.7. The second-order valence-electron chi connectivity index (χ2n) is 8.49. The number of nitrogens with zero attached hydrogens (tertiary/aromatic N) is 3. The van der Waals surface area contributed by atoms with Crippen LogP contribution >= 0.6 is 15.9 Å². The maximum Gasteiger partial charge on any atom is 0.340 e. The van der Waals surface area contributed by atoms with E-state index in [0.717, 1.165) is 49.6 Å². The smallest absolute Gasteiger partial charge is 0.340 e. The monoisotopic (exact) mass is 545 g/mol. The van der Waals surface area contributed by atoms with Crippen molar-refractivity contribution in [1.29, 1.82) is 0 Å². The first-order valence-electron chi connectivity index (χ1n) is 11.9. The zero-order valence-electron chi connectivity index (χ0n) is 20.0. The summed E-state index contributed by atoms with van der Waals surface area (Å²) in [5.41, 5.74) is 3.12. The molecule has 4 rings (SSSR count). The number of esters is 1. The summed E-state index contributed by atoms with van der Waals surface area (Å²) in [6, 6.07) is 13.4. The highest BCUT2D eigenvalue weighted by Gasteiger charge is 2.28. The second-order valence-corrected chi connectivity index (χ2v) is 9.34. The van der Waals surface area contributed by atoms with Crippen LogP contribution in [0.25, 0.3) is 16.6 Å². The molecule has 1 fully saturated rings. The number of para-hydroxylation sites is 1. The molecule has 0 bridgehead atoms. The van der Waals surface area contributed by atoms with E-state index in [0.29, 0.717) is 35.2 Å². The molecule has 1 saturated heterocycles. The molecule has 0 aliphatic carbocycles. The van der Waals surface area contributed by atoms with Crippen LogP contribution in [0.15, 0.2) is 46.9 Å². The average molecular weight is 546 g/mol. The van der Waals surface area contributed by atoms with Gasteiger partial charge in [0, 0.05) is 50.3 Å². The highest BCUT2D eigenvalue weighted by molar-refractivity contribution is 9.10. The van der Waals surface area contributed by atoms with Gasteiger partial charge in [0.1, 0.15) is 5.75 Å². The number of hydrogen-bond acceptors (Lipinski definition) is 7. The van der Waals surface area contributed by atoms with Crippen molar-refractivity contribution in [2.45, 2.75) is 13.5 Å². The van der Waals surface area contributed by atoms with Crippen molar-refractivity contribution in [3.8, 4) is 11.4 Å². The van der Waals surface area contributed by atoms with E-state index < -0.39 is 0 Å². The number of fused-ring (bicyclic) bond motifs is 1. The van der Waals surface area contributed by atoms with Crippen LogP contribution in [-0.4, -0.2) is 89.7 Å². The number of piperazine rings is 1. The summed E-state index contributed by atoms with van der Waals surface area (Å²) in [6.45, 7) is 8.00. The third-order valence-corrected chi connectivity index (χ3v) is 6.89. The van der Waals surface area contributed by atoms with Gasteiger partial charge in [0.05, 0.1) is 47.7 Å². The first kappa shape index (κ1) is 25.7. The van der Waals surface area contributed by atoms with Crippen molar-refractivity contribution in [3.05, 3.63) is 58.2 Å². The van der Waals surface area contributed by atoms with Crippen LogP contribution in [0.2, 0.25) is 0 Å². The maximum atomic E-state index is 13.2. The number of aromatic hydroxyl groups is 1. The Hall–Kier alpha value is -2.43. The molecule has 1 aromatic heterocycles. The normalized spacial score (nSPS) is 15.1. The number of aromatic nitrogens is 1. The molecule has 188 valence electrons. The predicted molar refractivity (Wildman–Crippen MR) is 138 cm³/mol. The topological polar surface area (TPSA) is 87.4 Å². The summed E-state index contributed by atoms with van der Waals surface area (Å²) >= 11 is 3.44. The van der Waals surface area contributed by atoms with Crippen molar-refractivity contribution in [1.82, 2.24) is 14.4 Å². The molecule has 0 saturated carbocycles. The van der Waals surface area contributed by atoms with Crippen LogP contribution < -0.4 is 0 Å². The number of phenols is 1. The van der Waals surface area contributed by atoms with Crippen molar-refractivity contribution < 1.29 is 24.5 Å². The molecular weight excluding hydrogens is 514 g/mol. The summed E-state index contributed by atoms with van der Waals surface area (Å²) in [4.78, 5) is 17.9. The lowest BCUT2D eigenvalue weighted by Crippen LogP contribution is -2.47. The van der Waals surface area contributed by atoms with E-state index in [1.807, 2.05) is 36.4 Å². The number of halogens is 1. The molecule has 2 N–H and O–H groups in total. The van der Waals surface area contributed by atoms with Crippen LogP contribution in [0.3, 0.4) is 0 Å². The molecule has 1 aliphatic rings. The van der Waals surface area contributed by atoms with E-state index >= 15 is 0 Å². The highest BCUT2D eigenvalue weighted by atomic mass is 79.9. The van der Waals surface area contributed by atoms with Gasteiger partial charge in [-0.3, -0.25) is 9.80 Å². The van der Waals surface area contributed by atoms with Gasteiger partial charge in [-0.2, -0.15) is 0 Å². The lowest BCUT2D eigenvalue weighted by Gasteiger charge is -2.35. The van der Waals surface area contributed by atoms with Gasteiger partial charge >= 0.3 is 5.97 Å². The number of rotatable bonds is 10. The Kier molecular flexibility index (Phi) is 8.80. The van der Waals surface area contributed by atoms with Crippen LogP contribution in [-0.2, 0) is 16.0 Å². The zero-order chi connectivity index (χ0) is 24.8. The van der Waals surface area contributed by atoms with Gasteiger partial charge in [-0.25, -0.2) is 4.79 Å². The SMILES string of the molecule is CCOC(=O)c1c(CN2CCN(CCOCCO)CC2)n(-c2ccccc2)c2cc(Br)c(O)cc12. The summed E-state index contributed by atoms with van der Waals surface area (Å²) in [7, 11) is 0. The molecule has 3 aromatic rings. The molecular formula is C26H32BrN3O5. The molecule has 8 nitrogen and oxygen atoms in total. The third-order valence-electron chi connectivity index (χ3n) is 6.25. The minimum Gasteiger partial charge on any atom is -0.507 e. The maximum absolute atomic E-state index is 13.2. The van der Waals surface area contributed by atoms with E-state index in [9.17, 15) is 9.90 Å². The number of benzene rings is 2. The summed E-state index contributed by atoms with van der Waals surface area (Å²) in [6.07, 6.45) is 0. The third kappa shape index (κ3) is 5.87. The Balaban J connectivity index is 1.68. The Morgan fingerprint density at radius 3 is 2.46 bits per heavy atom. The van der Waals surface area contributed by atoms with Gasteiger partial charge in [-0.1, -0.05) is 18.2 Å². The van der Waals surface area contributed by atoms with Gasteiger partial charge in [-0.15, -0.1) is 0 Å². The van der Waals surface area contributed by atoms with Crippen molar-refractivity contribution in [3.63, 3.8) is 0 Å². The molecule has 2 heterocycles. The number of carbonyl (C=O) groups excluding carboxylic acids is 1. The standard InChI is InChI=1S/C26H32BrN3O5/c1-2-35-26(33)25-20-16-24(32)21(27)17-22(20)30(19-6-4-3-5-7-19)23(25)18-29-10-8-28(9-11-29)12-14-34-15-13-31/h3-7,16-17,31-32H,2,8-15,18H2,1H3. The number of ether oxygens (including phenoxy) is 2. The van der Waals surface area contributed by atoms with Crippen molar-refractivity contribution >= 4 is 32.8 Å². The number of phenolic OH excluding ortho intramolecular Hbond substituents is 1. The molecule has 0 spiro atoms. The van der Waals surface area contributed by atoms with E-state index in [-0.39, 0.29) is 24.9 Å².